The van der Waals surface area contributed by atoms with Crippen LogP contribution in [0, 0.1) is 0 Å². The third-order valence-electron chi connectivity index (χ3n) is 2.11. The number of hydrogen-bond donors (Lipinski definition) is 2. The maximum Gasteiger partial charge on any atom is 0.326 e. The van der Waals surface area contributed by atoms with Gasteiger partial charge in [0, 0.05) is 12.2 Å². The monoisotopic (exact) mass is 189 g/mol. The quantitative estimate of drug-likeness (QED) is 0.548. The second-order valence-corrected chi connectivity index (χ2v) is 3.11. The molecule has 0 fully saturated rings. The van der Waals surface area contributed by atoms with E-state index in [1.807, 2.05) is 6.07 Å². The Hall–Kier alpha value is -1.97. The van der Waals surface area contributed by atoms with Crippen LogP contribution in [0.5, 0.6) is 0 Å². The minimum atomic E-state index is -0.134. The van der Waals surface area contributed by atoms with Crippen LogP contribution < -0.4 is 11.4 Å². The molecule has 0 radical (unpaired) electrons. The molecule has 0 spiro atoms. The summed E-state index contributed by atoms with van der Waals surface area (Å²) in [6, 6.07) is 5.34. The lowest BCUT2D eigenvalue weighted by Crippen LogP contribution is -2.15. The average molecular weight is 189 g/mol. The standard InChI is InChI=1S/C10H11N3O/c1-2-5-13-9-4-3-7(11)6-8(9)12-10(13)14/h2-4,6H,1,5,11H2,(H,12,14). The van der Waals surface area contributed by atoms with E-state index in [0.29, 0.717) is 12.2 Å². The molecule has 1 heterocycles. The summed E-state index contributed by atoms with van der Waals surface area (Å²) in [6.45, 7) is 4.11. The first-order valence-electron chi connectivity index (χ1n) is 4.31. The molecule has 3 N–H and O–H groups in total. The SMILES string of the molecule is C=CCn1c(=O)[nH]c2cc(N)ccc21. The zero-order chi connectivity index (χ0) is 10.1. The lowest BCUT2D eigenvalue weighted by Gasteiger charge is -1.98. The Kier molecular flexibility index (Phi) is 1.89. The van der Waals surface area contributed by atoms with Crippen LogP contribution in [0.2, 0.25) is 0 Å². The highest BCUT2D eigenvalue weighted by molar-refractivity contribution is 5.78. The van der Waals surface area contributed by atoms with Crippen LogP contribution in [0.15, 0.2) is 35.6 Å². The van der Waals surface area contributed by atoms with Gasteiger partial charge in [0.15, 0.2) is 0 Å². The largest absolute Gasteiger partial charge is 0.399 e. The molecule has 0 aliphatic carbocycles. The molecule has 0 amide bonds. The number of H-pyrrole nitrogens is 1. The Morgan fingerprint density at radius 1 is 1.57 bits per heavy atom. The van der Waals surface area contributed by atoms with E-state index < -0.39 is 0 Å². The first-order chi connectivity index (χ1) is 6.72. The molecule has 2 aromatic rings. The van der Waals surface area contributed by atoms with Gasteiger partial charge in [-0.2, -0.15) is 0 Å². The number of imidazole rings is 1. The number of benzene rings is 1. The number of fused-ring (bicyclic) bond motifs is 1. The minimum absolute atomic E-state index is 0.134. The van der Waals surface area contributed by atoms with Gasteiger partial charge in [-0.15, -0.1) is 6.58 Å². The van der Waals surface area contributed by atoms with Crippen LogP contribution in [-0.4, -0.2) is 9.55 Å². The van der Waals surface area contributed by atoms with Gasteiger partial charge in [-0.3, -0.25) is 4.57 Å². The second-order valence-electron chi connectivity index (χ2n) is 3.11. The predicted octanol–water partition coefficient (Wildman–Crippen LogP) is 1.10. The molecule has 14 heavy (non-hydrogen) atoms. The van der Waals surface area contributed by atoms with Gasteiger partial charge in [0.1, 0.15) is 0 Å². The van der Waals surface area contributed by atoms with Crippen LogP contribution in [0.3, 0.4) is 0 Å². The summed E-state index contributed by atoms with van der Waals surface area (Å²) in [7, 11) is 0. The van der Waals surface area contributed by atoms with E-state index in [9.17, 15) is 4.79 Å². The number of rotatable bonds is 2. The summed E-state index contributed by atoms with van der Waals surface area (Å²) >= 11 is 0. The number of nitrogen functional groups attached to an aromatic ring is 1. The van der Waals surface area contributed by atoms with E-state index in [4.69, 9.17) is 5.73 Å². The van der Waals surface area contributed by atoms with Gasteiger partial charge in [-0.05, 0) is 18.2 Å². The van der Waals surface area contributed by atoms with Crippen molar-refractivity contribution >= 4 is 16.7 Å². The fourth-order valence-electron chi connectivity index (χ4n) is 1.49. The van der Waals surface area contributed by atoms with Crippen LogP contribution in [-0.2, 0) is 6.54 Å². The molecular weight excluding hydrogens is 178 g/mol. The molecular formula is C10H11N3O. The third-order valence-corrected chi connectivity index (χ3v) is 2.11. The van der Waals surface area contributed by atoms with Gasteiger partial charge in [-0.25, -0.2) is 4.79 Å². The molecule has 1 aromatic heterocycles. The highest BCUT2D eigenvalue weighted by atomic mass is 16.1. The molecule has 0 saturated carbocycles. The van der Waals surface area contributed by atoms with Crippen molar-refractivity contribution in [3.8, 4) is 0 Å². The number of anilines is 1. The number of nitrogens with two attached hydrogens (primary N) is 1. The number of nitrogens with zero attached hydrogens (tertiary/aromatic N) is 1. The molecule has 0 unspecified atom stereocenters. The molecule has 1 aromatic carbocycles. The highest BCUT2D eigenvalue weighted by Gasteiger charge is 2.04. The van der Waals surface area contributed by atoms with Crippen LogP contribution in [0.25, 0.3) is 11.0 Å². The highest BCUT2D eigenvalue weighted by Crippen LogP contribution is 2.13. The molecule has 0 bridgehead atoms. The minimum Gasteiger partial charge on any atom is -0.399 e. The van der Waals surface area contributed by atoms with E-state index >= 15 is 0 Å². The summed E-state index contributed by atoms with van der Waals surface area (Å²) in [5.41, 5.74) is 7.73. The van der Waals surface area contributed by atoms with Gasteiger partial charge in [-0.1, -0.05) is 6.08 Å². The van der Waals surface area contributed by atoms with Crippen molar-refractivity contribution in [2.24, 2.45) is 0 Å². The Morgan fingerprint density at radius 3 is 3.07 bits per heavy atom. The second kappa shape index (κ2) is 3.06. The zero-order valence-corrected chi connectivity index (χ0v) is 7.66. The first kappa shape index (κ1) is 8.62. The maximum absolute atomic E-state index is 11.5. The van der Waals surface area contributed by atoms with Crippen molar-refractivity contribution in [2.45, 2.75) is 6.54 Å². The summed E-state index contributed by atoms with van der Waals surface area (Å²) < 4.78 is 1.61. The number of hydrogen-bond acceptors (Lipinski definition) is 2. The fourth-order valence-corrected chi connectivity index (χ4v) is 1.49. The Balaban J connectivity index is 2.76. The number of aromatic amines is 1. The van der Waals surface area contributed by atoms with Crippen LogP contribution >= 0.6 is 0 Å². The molecule has 2 rings (SSSR count). The lowest BCUT2D eigenvalue weighted by atomic mass is 10.3. The van der Waals surface area contributed by atoms with Crippen molar-refractivity contribution in [1.82, 2.24) is 9.55 Å². The normalized spacial score (nSPS) is 10.6. The van der Waals surface area contributed by atoms with Crippen LogP contribution in [0.1, 0.15) is 0 Å². The topological polar surface area (TPSA) is 63.8 Å². The number of aromatic nitrogens is 2. The predicted molar refractivity (Wildman–Crippen MR) is 57.2 cm³/mol. The number of nitrogens with one attached hydrogen (secondary N) is 1. The fraction of sp³-hybridized carbons (Fsp3) is 0.100. The van der Waals surface area contributed by atoms with Crippen molar-refractivity contribution in [3.05, 3.63) is 41.3 Å². The Labute approximate surface area is 80.7 Å². The van der Waals surface area contributed by atoms with Gasteiger partial charge < -0.3 is 10.7 Å². The Morgan fingerprint density at radius 2 is 2.36 bits per heavy atom. The van der Waals surface area contributed by atoms with E-state index in [0.717, 1.165) is 11.0 Å². The van der Waals surface area contributed by atoms with Crippen molar-refractivity contribution < 1.29 is 0 Å². The van der Waals surface area contributed by atoms with Crippen molar-refractivity contribution in [2.75, 3.05) is 5.73 Å². The lowest BCUT2D eigenvalue weighted by molar-refractivity contribution is 0.809. The summed E-state index contributed by atoms with van der Waals surface area (Å²) in [5, 5.41) is 0. The molecule has 4 heteroatoms. The zero-order valence-electron chi connectivity index (χ0n) is 7.66. The van der Waals surface area contributed by atoms with E-state index in [2.05, 4.69) is 11.6 Å². The Bertz CT molecular complexity index is 536. The van der Waals surface area contributed by atoms with Gasteiger partial charge in [0.25, 0.3) is 0 Å². The molecule has 0 atom stereocenters. The van der Waals surface area contributed by atoms with Gasteiger partial charge in [0.2, 0.25) is 0 Å². The smallest absolute Gasteiger partial charge is 0.326 e. The molecule has 0 aliphatic rings. The summed E-state index contributed by atoms with van der Waals surface area (Å²) in [4.78, 5) is 14.2. The first-order valence-corrected chi connectivity index (χ1v) is 4.31. The van der Waals surface area contributed by atoms with Crippen LogP contribution in [0.4, 0.5) is 5.69 Å². The van der Waals surface area contributed by atoms with Crippen molar-refractivity contribution in [3.63, 3.8) is 0 Å². The van der Waals surface area contributed by atoms with E-state index in [1.54, 1.807) is 22.8 Å². The van der Waals surface area contributed by atoms with Crippen molar-refractivity contribution in [1.29, 1.82) is 0 Å². The van der Waals surface area contributed by atoms with E-state index in [1.165, 1.54) is 0 Å². The molecule has 0 aliphatic heterocycles. The molecule has 4 nitrogen and oxygen atoms in total. The van der Waals surface area contributed by atoms with Gasteiger partial charge >= 0.3 is 5.69 Å². The van der Waals surface area contributed by atoms with E-state index in [-0.39, 0.29) is 5.69 Å². The average Bonchev–Trinajstić information content (AvgIpc) is 2.43. The molecule has 72 valence electrons. The van der Waals surface area contributed by atoms with Gasteiger partial charge in [0.05, 0.1) is 11.0 Å². The summed E-state index contributed by atoms with van der Waals surface area (Å²) in [6.07, 6.45) is 1.69. The maximum atomic E-state index is 11.5. The third kappa shape index (κ3) is 1.21. The number of allylic oxidation sites excluding steroid dienone is 1. The molecule has 0 saturated heterocycles. The summed E-state index contributed by atoms with van der Waals surface area (Å²) in [5.74, 6) is 0.